The average Bonchev–Trinajstić information content (AvgIpc) is 2.64. The SMILES string of the molecule is C[C@@H](C(=O)Nc1c(F)cccc1F)N1CCN(c2cccc(Cl)c2)CC1. The highest BCUT2D eigenvalue weighted by molar-refractivity contribution is 6.30. The van der Waals surface area contributed by atoms with Crippen LogP contribution in [0.5, 0.6) is 0 Å². The molecule has 26 heavy (non-hydrogen) atoms. The summed E-state index contributed by atoms with van der Waals surface area (Å²) in [6.45, 7) is 4.56. The second-order valence-corrected chi connectivity index (χ2v) is 6.70. The lowest BCUT2D eigenvalue weighted by molar-refractivity contribution is -0.120. The number of nitrogens with zero attached hydrogens (tertiary/aromatic N) is 2. The predicted molar refractivity (Wildman–Crippen MR) is 99.7 cm³/mol. The van der Waals surface area contributed by atoms with Crippen molar-refractivity contribution in [3.8, 4) is 0 Å². The molecule has 0 bridgehead atoms. The van der Waals surface area contributed by atoms with Crippen molar-refractivity contribution in [1.29, 1.82) is 0 Å². The largest absolute Gasteiger partial charge is 0.369 e. The van der Waals surface area contributed by atoms with Gasteiger partial charge in [0.05, 0.1) is 6.04 Å². The number of halogens is 3. The van der Waals surface area contributed by atoms with Crippen molar-refractivity contribution in [2.45, 2.75) is 13.0 Å². The maximum absolute atomic E-state index is 13.7. The van der Waals surface area contributed by atoms with Crippen molar-refractivity contribution >= 4 is 28.9 Å². The molecule has 3 rings (SSSR count). The molecule has 0 aromatic heterocycles. The van der Waals surface area contributed by atoms with Gasteiger partial charge in [0.2, 0.25) is 5.91 Å². The maximum atomic E-state index is 13.7. The first-order valence-corrected chi connectivity index (χ1v) is 8.83. The van der Waals surface area contributed by atoms with Crippen LogP contribution in [0.2, 0.25) is 5.02 Å². The molecule has 1 aliphatic heterocycles. The molecule has 1 aliphatic rings. The number of nitrogens with one attached hydrogen (secondary N) is 1. The second-order valence-electron chi connectivity index (χ2n) is 6.26. The van der Waals surface area contributed by atoms with Crippen LogP contribution in [-0.2, 0) is 4.79 Å². The van der Waals surface area contributed by atoms with E-state index in [0.717, 1.165) is 30.9 Å². The van der Waals surface area contributed by atoms with E-state index < -0.39 is 29.3 Å². The second kappa shape index (κ2) is 8.01. The van der Waals surface area contributed by atoms with Crippen molar-refractivity contribution in [2.75, 3.05) is 36.4 Å². The van der Waals surface area contributed by atoms with Crippen LogP contribution in [0.25, 0.3) is 0 Å². The molecule has 1 amide bonds. The fourth-order valence-corrected chi connectivity index (χ4v) is 3.24. The van der Waals surface area contributed by atoms with Crippen molar-refractivity contribution < 1.29 is 13.6 Å². The highest BCUT2D eigenvalue weighted by Crippen LogP contribution is 2.22. The lowest BCUT2D eigenvalue weighted by Gasteiger charge is -2.38. The Morgan fingerprint density at radius 3 is 2.31 bits per heavy atom. The zero-order chi connectivity index (χ0) is 18.7. The normalized spacial score (nSPS) is 16.4. The predicted octanol–water partition coefficient (Wildman–Crippen LogP) is 3.77. The first-order valence-electron chi connectivity index (χ1n) is 8.45. The molecule has 7 heteroatoms. The Balaban J connectivity index is 1.59. The topological polar surface area (TPSA) is 35.6 Å². The first kappa shape index (κ1) is 18.6. The van der Waals surface area contributed by atoms with E-state index in [1.165, 1.54) is 6.07 Å². The minimum absolute atomic E-state index is 0.401. The van der Waals surface area contributed by atoms with Gasteiger partial charge in [-0.15, -0.1) is 0 Å². The number of para-hydroxylation sites is 1. The van der Waals surface area contributed by atoms with Gasteiger partial charge < -0.3 is 10.2 Å². The summed E-state index contributed by atoms with van der Waals surface area (Å²) in [5, 5.41) is 3.05. The van der Waals surface area contributed by atoms with Crippen LogP contribution in [0, 0.1) is 11.6 Å². The van der Waals surface area contributed by atoms with Gasteiger partial charge in [0.25, 0.3) is 0 Å². The zero-order valence-electron chi connectivity index (χ0n) is 14.4. The van der Waals surface area contributed by atoms with Gasteiger partial charge in [0.15, 0.2) is 0 Å². The number of carbonyl (C=O) groups excluding carboxylic acids is 1. The zero-order valence-corrected chi connectivity index (χ0v) is 15.1. The third kappa shape index (κ3) is 4.14. The lowest BCUT2D eigenvalue weighted by Crippen LogP contribution is -2.52. The standard InChI is InChI=1S/C19H20ClF2N3O/c1-13(19(26)23-18-16(21)6-3-7-17(18)22)24-8-10-25(11-9-24)15-5-2-4-14(20)12-15/h2-7,12-13H,8-11H2,1H3,(H,23,26)/t13-/m0/s1. The molecule has 2 aromatic carbocycles. The molecule has 138 valence electrons. The van der Waals surface area contributed by atoms with E-state index in [-0.39, 0.29) is 0 Å². The molecule has 0 saturated carbocycles. The third-order valence-corrected chi connectivity index (χ3v) is 4.86. The van der Waals surface area contributed by atoms with Crippen LogP contribution in [0.1, 0.15) is 6.92 Å². The van der Waals surface area contributed by atoms with Gasteiger partial charge >= 0.3 is 0 Å². The monoisotopic (exact) mass is 379 g/mol. The van der Waals surface area contributed by atoms with Crippen molar-refractivity contribution in [3.05, 3.63) is 59.1 Å². The summed E-state index contributed by atoms with van der Waals surface area (Å²) in [6.07, 6.45) is 0. The van der Waals surface area contributed by atoms with Crippen LogP contribution in [0.15, 0.2) is 42.5 Å². The molecule has 0 unspecified atom stereocenters. The van der Waals surface area contributed by atoms with Crippen LogP contribution in [0.4, 0.5) is 20.2 Å². The quantitative estimate of drug-likeness (QED) is 0.878. The molecule has 1 atom stereocenters. The van der Waals surface area contributed by atoms with E-state index in [1.54, 1.807) is 6.92 Å². The Morgan fingerprint density at radius 1 is 1.08 bits per heavy atom. The highest BCUT2D eigenvalue weighted by Gasteiger charge is 2.26. The van der Waals surface area contributed by atoms with E-state index in [9.17, 15) is 13.6 Å². The molecule has 0 radical (unpaired) electrons. The summed E-state index contributed by atoms with van der Waals surface area (Å²) in [6, 6.07) is 10.7. The summed E-state index contributed by atoms with van der Waals surface area (Å²) >= 11 is 6.04. The van der Waals surface area contributed by atoms with Gasteiger partial charge in [0.1, 0.15) is 17.3 Å². The van der Waals surface area contributed by atoms with E-state index in [1.807, 2.05) is 29.2 Å². The summed E-state index contributed by atoms with van der Waals surface area (Å²) < 4.78 is 27.4. The van der Waals surface area contributed by atoms with Crippen molar-refractivity contribution in [3.63, 3.8) is 0 Å². The van der Waals surface area contributed by atoms with Crippen LogP contribution < -0.4 is 10.2 Å². The molecular weight excluding hydrogens is 360 g/mol. The Bertz CT molecular complexity index is 774. The molecule has 1 N–H and O–H groups in total. The first-order chi connectivity index (χ1) is 12.5. The number of carbonyl (C=O) groups is 1. The van der Waals surface area contributed by atoms with Gasteiger partial charge in [0, 0.05) is 36.9 Å². The summed E-state index contributed by atoms with van der Waals surface area (Å²) in [5.74, 6) is -1.99. The molecule has 0 spiro atoms. The maximum Gasteiger partial charge on any atom is 0.241 e. The Labute approximate surface area is 156 Å². The number of piperazine rings is 1. The van der Waals surface area contributed by atoms with Gasteiger partial charge in [-0.3, -0.25) is 9.69 Å². The Morgan fingerprint density at radius 2 is 1.69 bits per heavy atom. The molecule has 0 aliphatic carbocycles. The van der Waals surface area contributed by atoms with E-state index in [4.69, 9.17) is 11.6 Å². The number of hydrogen-bond acceptors (Lipinski definition) is 3. The fraction of sp³-hybridized carbons (Fsp3) is 0.316. The average molecular weight is 380 g/mol. The highest BCUT2D eigenvalue weighted by atomic mass is 35.5. The summed E-state index contributed by atoms with van der Waals surface area (Å²) in [4.78, 5) is 16.6. The molecule has 2 aromatic rings. The van der Waals surface area contributed by atoms with E-state index in [0.29, 0.717) is 18.1 Å². The van der Waals surface area contributed by atoms with Gasteiger partial charge in [-0.1, -0.05) is 23.7 Å². The van der Waals surface area contributed by atoms with Crippen molar-refractivity contribution in [1.82, 2.24) is 4.90 Å². The van der Waals surface area contributed by atoms with Gasteiger partial charge in [-0.25, -0.2) is 8.78 Å². The molecule has 1 saturated heterocycles. The van der Waals surface area contributed by atoms with Crippen LogP contribution in [-0.4, -0.2) is 43.0 Å². The summed E-state index contributed by atoms with van der Waals surface area (Å²) in [5.41, 5.74) is 0.643. The molecule has 4 nitrogen and oxygen atoms in total. The third-order valence-electron chi connectivity index (χ3n) is 4.63. The van der Waals surface area contributed by atoms with Crippen molar-refractivity contribution in [2.24, 2.45) is 0 Å². The summed E-state index contributed by atoms with van der Waals surface area (Å²) in [7, 11) is 0. The van der Waals surface area contributed by atoms with Crippen LogP contribution in [0.3, 0.4) is 0 Å². The molecule has 1 fully saturated rings. The van der Waals surface area contributed by atoms with Gasteiger partial charge in [-0.2, -0.15) is 0 Å². The Kier molecular flexibility index (Phi) is 5.74. The van der Waals surface area contributed by atoms with E-state index >= 15 is 0 Å². The number of rotatable bonds is 4. The number of amides is 1. The Hall–Kier alpha value is -2.18. The molecule has 1 heterocycles. The van der Waals surface area contributed by atoms with Gasteiger partial charge in [-0.05, 0) is 37.3 Å². The smallest absolute Gasteiger partial charge is 0.241 e. The lowest BCUT2D eigenvalue weighted by atomic mass is 10.2. The fourth-order valence-electron chi connectivity index (χ4n) is 3.05. The van der Waals surface area contributed by atoms with E-state index in [2.05, 4.69) is 10.2 Å². The minimum atomic E-state index is -0.781. The number of anilines is 2. The number of hydrogen-bond donors (Lipinski definition) is 1. The number of benzene rings is 2. The minimum Gasteiger partial charge on any atom is -0.369 e. The van der Waals surface area contributed by atoms with Crippen LogP contribution >= 0.6 is 11.6 Å². The molecular formula is C19H20ClF2N3O.